The fourth-order valence-electron chi connectivity index (χ4n) is 3.20. The molecule has 1 aromatic heterocycles. The lowest BCUT2D eigenvalue weighted by Gasteiger charge is -2.37. The minimum absolute atomic E-state index is 0.00324. The van der Waals surface area contributed by atoms with E-state index in [2.05, 4.69) is 35.1 Å². The lowest BCUT2D eigenvalue weighted by Crippen LogP contribution is -2.44. The number of nitrogens with one attached hydrogen (secondary N) is 1. The summed E-state index contributed by atoms with van der Waals surface area (Å²) in [4.78, 5) is 14.7. The maximum atomic E-state index is 12.7. The van der Waals surface area contributed by atoms with Gasteiger partial charge in [0.2, 0.25) is 0 Å². The Kier molecular flexibility index (Phi) is 4.18. The molecule has 2 aromatic rings. The van der Waals surface area contributed by atoms with Gasteiger partial charge in [-0.1, -0.05) is 25.5 Å². The number of carbonyl (C=O) groups is 1. The molecule has 1 aromatic carbocycles. The van der Waals surface area contributed by atoms with Crippen molar-refractivity contribution in [3.63, 3.8) is 0 Å². The first-order valence-electron chi connectivity index (χ1n) is 7.98. The SMILES string of the molecule is CCCC1c2cccn2CCN1C(=O)Nc1cccc(C)c1. The van der Waals surface area contributed by atoms with Crippen molar-refractivity contribution in [2.24, 2.45) is 0 Å². The van der Waals surface area contributed by atoms with Gasteiger partial charge in [-0.2, -0.15) is 0 Å². The van der Waals surface area contributed by atoms with Crippen LogP contribution in [0.15, 0.2) is 42.6 Å². The molecule has 0 saturated carbocycles. The summed E-state index contributed by atoms with van der Waals surface area (Å²) >= 11 is 0. The normalized spacial score (nSPS) is 17.2. The smallest absolute Gasteiger partial charge is 0.322 e. The zero-order chi connectivity index (χ0) is 15.5. The fourth-order valence-corrected chi connectivity index (χ4v) is 3.20. The van der Waals surface area contributed by atoms with Gasteiger partial charge in [-0.25, -0.2) is 4.79 Å². The molecule has 1 unspecified atom stereocenters. The molecule has 4 heteroatoms. The Morgan fingerprint density at radius 2 is 2.14 bits per heavy atom. The van der Waals surface area contributed by atoms with Crippen LogP contribution in [0.3, 0.4) is 0 Å². The predicted octanol–water partition coefficient (Wildman–Crippen LogP) is 4.19. The van der Waals surface area contributed by atoms with E-state index in [4.69, 9.17) is 0 Å². The summed E-state index contributed by atoms with van der Waals surface area (Å²) in [7, 11) is 0. The van der Waals surface area contributed by atoms with Crippen LogP contribution in [0.1, 0.15) is 37.1 Å². The van der Waals surface area contributed by atoms with Crippen LogP contribution in [-0.2, 0) is 6.54 Å². The third-order valence-corrected chi connectivity index (χ3v) is 4.26. The Bertz CT molecular complexity index is 662. The van der Waals surface area contributed by atoms with Gasteiger partial charge in [0.1, 0.15) is 0 Å². The second-order valence-electron chi connectivity index (χ2n) is 5.92. The van der Waals surface area contributed by atoms with Crippen LogP contribution in [-0.4, -0.2) is 22.0 Å². The quantitative estimate of drug-likeness (QED) is 0.906. The van der Waals surface area contributed by atoms with Crippen LogP contribution in [0.2, 0.25) is 0 Å². The monoisotopic (exact) mass is 297 g/mol. The molecule has 1 aliphatic rings. The summed E-state index contributed by atoms with van der Waals surface area (Å²) in [5.74, 6) is 0. The number of benzene rings is 1. The highest BCUT2D eigenvalue weighted by Gasteiger charge is 2.30. The summed E-state index contributed by atoms with van der Waals surface area (Å²) in [5, 5.41) is 3.04. The number of rotatable bonds is 3. The van der Waals surface area contributed by atoms with Gasteiger partial charge in [0.05, 0.1) is 6.04 Å². The first-order chi connectivity index (χ1) is 10.7. The van der Waals surface area contributed by atoms with E-state index in [1.165, 1.54) is 5.69 Å². The molecule has 0 aliphatic carbocycles. The van der Waals surface area contributed by atoms with Crippen molar-refractivity contribution in [1.82, 2.24) is 9.47 Å². The average molecular weight is 297 g/mol. The zero-order valence-corrected chi connectivity index (χ0v) is 13.2. The number of aryl methyl sites for hydroxylation is 1. The first kappa shape index (κ1) is 14.7. The Morgan fingerprint density at radius 1 is 1.27 bits per heavy atom. The molecular formula is C18H23N3O. The van der Waals surface area contributed by atoms with Gasteiger partial charge in [-0.3, -0.25) is 0 Å². The van der Waals surface area contributed by atoms with Crippen molar-refractivity contribution >= 4 is 11.7 Å². The number of nitrogens with zero attached hydrogens (tertiary/aromatic N) is 2. The van der Waals surface area contributed by atoms with Gasteiger partial charge < -0.3 is 14.8 Å². The topological polar surface area (TPSA) is 37.3 Å². The number of urea groups is 1. The minimum Gasteiger partial charge on any atom is -0.348 e. The maximum Gasteiger partial charge on any atom is 0.322 e. The average Bonchev–Trinajstić information content (AvgIpc) is 2.96. The third-order valence-electron chi connectivity index (χ3n) is 4.26. The van der Waals surface area contributed by atoms with Crippen LogP contribution in [0, 0.1) is 6.92 Å². The van der Waals surface area contributed by atoms with Crippen molar-refractivity contribution in [3.8, 4) is 0 Å². The Morgan fingerprint density at radius 3 is 2.91 bits per heavy atom. The van der Waals surface area contributed by atoms with Gasteiger partial charge in [-0.05, 0) is 43.2 Å². The Balaban J connectivity index is 1.79. The number of fused-ring (bicyclic) bond motifs is 1. The highest BCUT2D eigenvalue weighted by atomic mass is 16.2. The summed E-state index contributed by atoms with van der Waals surface area (Å²) < 4.78 is 2.26. The van der Waals surface area contributed by atoms with Crippen molar-refractivity contribution in [2.75, 3.05) is 11.9 Å². The molecule has 3 rings (SSSR count). The molecule has 22 heavy (non-hydrogen) atoms. The van der Waals surface area contributed by atoms with E-state index >= 15 is 0 Å². The largest absolute Gasteiger partial charge is 0.348 e. The second-order valence-corrected chi connectivity index (χ2v) is 5.92. The number of anilines is 1. The molecule has 1 N–H and O–H groups in total. The number of amides is 2. The number of hydrogen-bond donors (Lipinski definition) is 1. The van der Waals surface area contributed by atoms with E-state index in [0.717, 1.165) is 37.2 Å². The van der Waals surface area contributed by atoms with E-state index in [1.54, 1.807) is 0 Å². The van der Waals surface area contributed by atoms with E-state index in [-0.39, 0.29) is 12.1 Å². The van der Waals surface area contributed by atoms with Crippen LogP contribution in [0.5, 0.6) is 0 Å². The Labute approximate surface area is 131 Å². The fraction of sp³-hybridized carbons (Fsp3) is 0.389. The standard InChI is InChI=1S/C18H23N3O/c1-3-6-17-16-9-5-10-20(16)11-12-21(17)18(22)19-15-8-4-7-14(2)13-15/h4-5,7-10,13,17H,3,6,11-12H2,1-2H3,(H,19,22). The molecule has 2 amide bonds. The Hall–Kier alpha value is -2.23. The molecule has 0 bridgehead atoms. The van der Waals surface area contributed by atoms with E-state index < -0.39 is 0 Å². The van der Waals surface area contributed by atoms with Crippen LogP contribution in [0.4, 0.5) is 10.5 Å². The van der Waals surface area contributed by atoms with E-state index in [9.17, 15) is 4.79 Å². The maximum absolute atomic E-state index is 12.7. The van der Waals surface area contributed by atoms with E-state index in [0.29, 0.717) is 0 Å². The molecular weight excluding hydrogens is 274 g/mol. The minimum atomic E-state index is -0.00324. The molecule has 1 aliphatic heterocycles. The lowest BCUT2D eigenvalue weighted by atomic mass is 10.0. The second kappa shape index (κ2) is 6.26. The molecule has 0 spiro atoms. The molecule has 116 valence electrons. The van der Waals surface area contributed by atoms with Gasteiger partial charge in [0.15, 0.2) is 0 Å². The predicted molar refractivity (Wildman–Crippen MR) is 89.0 cm³/mol. The van der Waals surface area contributed by atoms with Crippen molar-refractivity contribution in [1.29, 1.82) is 0 Å². The molecule has 0 radical (unpaired) electrons. The van der Waals surface area contributed by atoms with Crippen LogP contribution in [0.25, 0.3) is 0 Å². The molecule has 0 saturated heterocycles. The van der Waals surface area contributed by atoms with Crippen molar-refractivity contribution < 1.29 is 4.79 Å². The van der Waals surface area contributed by atoms with Crippen LogP contribution < -0.4 is 5.32 Å². The van der Waals surface area contributed by atoms with Gasteiger partial charge in [-0.15, -0.1) is 0 Å². The zero-order valence-electron chi connectivity index (χ0n) is 13.2. The summed E-state index contributed by atoms with van der Waals surface area (Å²) in [6.45, 7) is 5.82. The van der Waals surface area contributed by atoms with Crippen LogP contribution >= 0.6 is 0 Å². The summed E-state index contributed by atoms with van der Waals surface area (Å²) in [6.07, 6.45) is 4.16. The van der Waals surface area contributed by atoms with Gasteiger partial charge in [0, 0.05) is 30.7 Å². The summed E-state index contributed by atoms with van der Waals surface area (Å²) in [5.41, 5.74) is 3.25. The summed E-state index contributed by atoms with van der Waals surface area (Å²) in [6, 6.07) is 12.3. The number of carbonyl (C=O) groups excluding carboxylic acids is 1. The molecule has 2 heterocycles. The lowest BCUT2D eigenvalue weighted by molar-refractivity contribution is 0.163. The van der Waals surface area contributed by atoms with Gasteiger partial charge >= 0.3 is 6.03 Å². The molecule has 1 atom stereocenters. The number of hydrogen-bond acceptors (Lipinski definition) is 1. The highest BCUT2D eigenvalue weighted by molar-refractivity contribution is 5.89. The van der Waals surface area contributed by atoms with Crippen molar-refractivity contribution in [2.45, 2.75) is 39.3 Å². The van der Waals surface area contributed by atoms with Gasteiger partial charge in [0.25, 0.3) is 0 Å². The number of aromatic nitrogens is 1. The first-order valence-corrected chi connectivity index (χ1v) is 7.98. The van der Waals surface area contributed by atoms with Crippen molar-refractivity contribution in [3.05, 3.63) is 53.9 Å². The highest BCUT2D eigenvalue weighted by Crippen LogP contribution is 2.30. The van der Waals surface area contributed by atoms with E-state index in [1.807, 2.05) is 36.1 Å². The molecule has 0 fully saturated rings. The molecule has 4 nitrogen and oxygen atoms in total. The third kappa shape index (κ3) is 2.86.